The molecule has 2 atom stereocenters. The molecule has 3 nitrogen and oxygen atoms in total. The van der Waals surface area contributed by atoms with Gasteiger partial charge in [0.1, 0.15) is 5.82 Å². The third-order valence-corrected chi connectivity index (χ3v) is 5.83. The number of nitrogens with two attached hydrogens (primary N) is 1. The van der Waals surface area contributed by atoms with Crippen LogP contribution in [0.5, 0.6) is 0 Å². The molecule has 1 saturated heterocycles. The summed E-state index contributed by atoms with van der Waals surface area (Å²) >= 11 is 1.39. The first-order valence-corrected chi connectivity index (χ1v) is 8.53. The van der Waals surface area contributed by atoms with E-state index in [0.717, 1.165) is 29.6 Å². The highest BCUT2D eigenvalue weighted by atomic mass is 32.1. The van der Waals surface area contributed by atoms with Crippen molar-refractivity contribution in [3.8, 4) is 0 Å². The number of halogens is 1. The van der Waals surface area contributed by atoms with Crippen LogP contribution in [-0.4, -0.2) is 29.9 Å². The summed E-state index contributed by atoms with van der Waals surface area (Å²) in [6.45, 7) is 5.30. The smallest absolute Gasteiger partial charge is 0.264 e. The number of aryl methyl sites for hydroxylation is 1. The molecular formula is C17H21FN2OS. The van der Waals surface area contributed by atoms with Crippen LogP contribution in [0.1, 0.15) is 35.0 Å². The van der Waals surface area contributed by atoms with Gasteiger partial charge in [-0.1, -0.05) is 6.07 Å². The maximum atomic E-state index is 14.0. The summed E-state index contributed by atoms with van der Waals surface area (Å²) in [5.41, 5.74) is 6.75. The van der Waals surface area contributed by atoms with E-state index in [2.05, 4.69) is 0 Å². The number of likely N-dealkylation sites (tertiary alicyclic amines) is 1. The van der Waals surface area contributed by atoms with Crippen LogP contribution in [0.25, 0.3) is 10.1 Å². The van der Waals surface area contributed by atoms with Crippen LogP contribution in [0.3, 0.4) is 0 Å². The summed E-state index contributed by atoms with van der Waals surface area (Å²) in [5, 5.41) is 0.580. The molecule has 0 saturated carbocycles. The van der Waals surface area contributed by atoms with Crippen molar-refractivity contribution in [2.75, 3.05) is 13.1 Å². The number of piperidine rings is 1. The fourth-order valence-corrected chi connectivity index (χ4v) is 4.42. The second kappa shape index (κ2) is 5.97. The Hall–Kier alpha value is -1.46. The van der Waals surface area contributed by atoms with Crippen molar-refractivity contribution >= 4 is 27.3 Å². The van der Waals surface area contributed by atoms with Gasteiger partial charge >= 0.3 is 0 Å². The lowest BCUT2D eigenvalue weighted by Gasteiger charge is -2.34. The molecule has 2 aromatic rings. The Morgan fingerprint density at radius 1 is 1.50 bits per heavy atom. The van der Waals surface area contributed by atoms with Gasteiger partial charge in [-0.2, -0.15) is 0 Å². The number of benzene rings is 1. The van der Waals surface area contributed by atoms with Crippen LogP contribution in [0.4, 0.5) is 4.39 Å². The number of hydrogen-bond donors (Lipinski definition) is 1. The Morgan fingerprint density at radius 2 is 2.27 bits per heavy atom. The first kappa shape index (κ1) is 15.4. The monoisotopic (exact) mass is 320 g/mol. The zero-order valence-corrected chi connectivity index (χ0v) is 13.8. The van der Waals surface area contributed by atoms with E-state index < -0.39 is 0 Å². The number of nitrogens with zero attached hydrogens (tertiary/aromatic N) is 1. The van der Waals surface area contributed by atoms with Gasteiger partial charge in [-0.15, -0.1) is 11.3 Å². The minimum atomic E-state index is -0.252. The molecule has 1 fully saturated rings. The molecular weight excluding hydrogens is 299 g/mol. The van der Waals surface area contributed by atoms with Crippen molar-refractivity contribution in [2.24, 2.45) is 11.7 Å². The van der Waals surface area contributed by atoms with Gasteiger partial charge in [0.15, 0.2) is 0 Å². The van der Waals surface area contributed by atoms with Gasteiger partial charge in [-0.3, -0.25) is 4.79 Å². The van der Waals surface area contributed by atoms with Crippen LogP contribution < -0.4 is 5.73 Å². The predicted octanol–water partition coefficient (Wildman–Crippen LogP) is 3.55. The van der Waals surface area contributed by atoms with Crippen LogP contribution in [-0.2, 0) is 0 Å². The maximum absolute atomic E-state index is 14.0. The minimum absolute atomic E-state index is 0.0171. The Morgan fingerprint density at radius 3 is 2.95 bits per heavy atom. The SMILES string of the molecule is Cc1c(C(=O)N2CCCC(C(C)N)C2)sc2cccc(F)c12. The van der Waals surface area contributed by atoms with Crippen molar-refractivity contribution in [3.63, 3.8) is 0 Å². The average molecular weight is 320 g/mol. The van der Waals surface area contributed by atoms with Crippen molar-refractivity contribution in [1.29, 1.82) is 0 Å². The van der Waals surface area contributed by atoms with Gasteiger partial charge in [-0.05, 0) is 50.3 Å². The quantitative estimate of drug-likeness (QED) is 0.920. The van der Waals surface area contributed by atoms with Crippen molar-refractivity contribution in [2.45, 2.75) is 32.7 Å². The topological polar surface area (TPSA) is 46.3 Å². The molecule has 118 valence electrons. The molecule has 0 aliphatic carbocycles. The van der Waals surface area contributed by atoms with Crippen LogP contribution in [0.15, 0.2) is 18.2 Å². The van der Waals surface area contributed by atoms with Crippen LogP contribution in [0, 0.1) is 18.7 Å². The Balaban J connectivity index is 1.92. The summed E-state index contributed by atoms with van der Waals surface area (Å²) in [7, 11) is 0. The Kier molecular flexibility index (Phi) is 4.19. The van der Waals surface area contributed by atoms with Crippen LogP contribution in [0.2, 0.25) is 0 Å². The maximum Gasteiger partial charge on any atom is 0.264 e. The molecule has 1 aliphatic heterocycles. The van der Waals surface area contributed by atoms with E-state index in [1.807, 2.05) is 24.8 Å². The highest BCUT2D eigenvalue weighted by Gasteiger charge is 2.28. The molecule has 0 bridgehead atoms. The lowest BCUT2D eigenvalue weighted by Crippen LogP contribution is -2.45. The van der Waals surface area contributed by atoms with Gasteiger partial charge in [0.2, 0.25) is 0 Å². The standard InChI is InChI=1S/C17H21FN2OS/c1-10-15-13(18)6-3-7-14(15)22-16(10)17(21)20-8-4-5-12(9-20)11(2)19/h3,6-7,11-12H,4-5,8-9,19H2,1-2H3. The molecule has 5 heteroatoms. The van der Waals surface area contributed by atoms with Crippen molar-refractivity contribution in [1.82, 2.24) is 4.90 Å². The average Bonchev–Trinajstić information content (AvgIpc) is 2.85. The van der Waals surface area contributed by atoms with Crippen molar-refractivity contribution < 1.29 is 9.18 Å². The molecule has 22 heavy (non-hydrogen) atoms. The summed E-state index contributed by atoms with van der Waals surface area (Å²) in [4.78, 5) is 15.4. The van der Waals surface area contributed by atoms with Gasteiger partial charge in [0, 0.05) is 29.2 Å². The van der Waals surface area contributed by atoms with E-state index in [1.165, 1.54) is 17.4 Å². The van der Waals surface area contributed by atoms with Gasteiger partial charge in [0.25, 0.3) is 5.91 Å². The highest BCUT2D eigenvalue weighted by Crippen LogP contribution is 2.34. The summed E-state index contributed by atoms with van der Waals surface area (Å²) in [6, 6.07) is 5.10. The second-order valence-corrected chi connectivity index (χ2v) is 7.23. The molecule has 1 aromatic carbocycles. The number of amides is 1. The van der Waals surface area contributed by atoms with E-state index >= 15 is 0 Å². The van der Waals surface area contributed by atoms with Gasteiger partial charge in [-0.25, -0.2) is 4.39 Å². The largest absolute Gasteiger partial charge is 0.338 e. The fraction of sp³-hybridized carbons (Fsp3) is 0.471. The molecule has 1 aromatic heterocycles. The third-order valence-electron chi connectivity index (χ3n) is 4.59. The highest BCUT2D eigenvalue weighted by molar-refractivity contribution is 7.21. The molecule has 0 spiro atoms. The molecule has 2 N–H and O–H groups in total. The van der Waals surface area contributed by atoms with Crippen LogP contribution >= 0.6 is 11.3 Å². The number of thiophene rings is 1. The van der Waals surface area contributed by atoms with E-state index in [-0.39, 0.29) is 17.8 Å². The van der Waals surface area contributed by atoms with E-state index in [1.54, 1.807) is 6.07 Å². The summed E-state index contributed by atoms with van der Waals surface area (Å²) in [5.74, 6) is 0.116. The van der Waals surface area contributed by atoms with Gasteiger partial charge < -0.3 is 10.6 Å². The molecule has 1 aliphatic rings. The number of hydrogen-bond acceptors (Lipinski definition) is 3. The second-order valence-electron chi connectivity index (χ2n) is 6.18. The van der Waals surface area contributed by atoms with E-state index in [9.17, 15) is 9.18 Å². The lowest BCUT2D eigenvalue weighted by molar-refractivity contribution is 0.0665. The fourth-order valence-electron chi connectivity index (χ4n) is 3.22. The lowest BCUT2D eigenvalue weighted by atomic mass is 9.92. The summed E-state index contributed by atoms with van der Waals surface area (Å²) in [6.07, 6.45) is 2.05. The zero-order chi connectivity index (χ0) is 15.9. The first-order valence-electron chi connectivity index (χ1n) is 7.71. The minimum Gasteiger partial charge on any atom is -0.338 e. The Bertz CT molecular complexity index is 710. The van der Waals surface area contributed by atoms with Gasteiger partial charge in [0.05, 0.1) is 4.88 Å². The van der Waals surface area contributed by atoms with E-state index in [4.69, 9.17) is 5.73 Å². The van der Waals surface area contributed by atoms with Crippen molar-refractivity contribution in [3.05, 3.63) is 34.5 Å². The van der Waals surface area contributed by atoms with E-state index in [0.29, 0.717) is 22.7 Å². The summed E-state index contributed by atoms with van der Waals surface area (Å²) < 4.78 is 14.8. The Labute approximate surface area is 133 Å². The first-order chi connectivity index (χ1) is 10.5. The number of carbonyl (C=O) groups excluding carboxylic acids is 1. The molecule has 2 heterocycles. The zero-order valence-electron chi connectivity index (χ0n) is 12.9. The molecule has 3 rings (SSSR count). The molecule has 2 unspecified atom stereocenters. The third kappa shape index (κ3) is 2.63. The predicted molar refractivity (Wildman–Crippen MR) is 88.8 cm³/mol. The normalized spacial score (nSPS) is 20.4. The number of carbonyl (C=O) groups is 1. The number of rotatable bonds is 2. The number of fused-ring (bicyclic) bond motifs is 1. The molecule has 1 amide bonds. The molecule has 0 radical (unpaired) electrons.